The molecule has 1 N–H and O–H groups in total. The Morgan fingerprint density at radius 1 is 1.47 bits per heavy atom. The van der Waals surface area contributed by atoms with Crippen molar-refractivity contribution in [2.24, 2.45) is 5.41 Å². The van der Waals surface area contributed by atoms with Gasteiger partial charge in [-0.15, -0.1) is 0 Å². The summed E-state index contributed by atoms with van der Waals surface area (Å²) in [5.41, 5.74) is 1.04. The lowest BCUT2D eigenvalue weighted by Gasteiger charge is -2.35. The number of rotatable bonds is 2. The Bertz CT molecular complexity index is 414. The van der Waals surface area contributed by atoms with Crippen LogP contribution in [0.1, 0.15) is 45.1 Å². The van der Waals surface area contributed by atoms with E-state index in [1.807, 2.05) is 12.1 Å². The predicted molar refractivity (Wildman–Crippen MR) is 68.6 cm³/mol. The second-order valence-corrected chi connectivity index (χ2v) is 5.65. The van der Waals surface area contributed by atoms with Gasteiger partial charge < -0.3 is 5.32 Å². The Morgan fingerprint density at radius 3 is 2.88 bits per heavy atom. The van der Waals surface area contributed by atoms with Crippen LogP contribution in [0.2, 0.25) is 0 Å². The van der Waals surface area contributed by atoms with Crippen molar-refractivity contribution in [1.82, 2.24) is 4.98 Å². The van der Waals surface area contributed by atoms with Crippen molar-refractivity contribution < 1.29 is 0 Å². The van der Waals surface area contributed by atoms with Gasteiger partial charge in [0.2, 0.25) is 0 Å². The molecule has 2 rings (SSSR count). The van der Waals surface area contributed by atoms with Crippen LogP contribution >= 0.6 is 0 Å². The molecular formula is C14H19N3. The van der Waals surface area contributed by atoms with Crippen LogP contribution in [0.15, 0.2) is 18.3 Å². The normalized spacial score (nSPS) is 22.8. The maximum atomic E-state index is 8.71. The van der Waals surface area contributed by atoms with Crippen LogP contribution in [0.5, 0.6) is 0 Å². The van der Waals surface area contributed by atoms with Crippen molar-refractivity contribution in [2.45, 2.75) is 45.6 Å². The van der Waals surface area contributed by atoms with Gasteiger partial charge in [0, 0.05) is 12.2 Å². The molecule has 0 amide bonds. The third-order valence-corrected chi connectivity index (χ3v) is 3.45. The lowest BCUT2D eigenvalue weighted by Crippen LogP contribution is -2.31. The quantitative estimate of drug-likeness (QED) is 0.846. The van der Waals surface area contributed by atoms with Crippen LogP contribution in [0.3, 0.4) is 0 Å². The first-order chi connectivity index (χ1) is 8.09. The molecule has 0 aromatic carbocycles. The summed E-state index contributed by atoms with van der Waals surface area (Å²) in [6, 6.07) is 6.29. The zero-order valence-electron chi connectivity index (χ0n) is 10.5. The Balaban J connectivity index is 1.98. The topological polar surface area (TPSA) is 48.7 Å². The number of nitrogens with one attached hydrogen (secondary N) is 1. The standard InChI is InChI=1S/C14H19N3/c1-14(2)7-3-4-12(8-14)17-13-6-5-11(9-15)10-16-13/h5-6,10,12H,3-4,7-8H2,1-2H3,(H,16,17). The molecule has 0 bridgehead atoms. The van der Waals surface area contributed by atoms with Gasteiger partial charge in [0.15, 0.2) is 0 Å². The van der Waals surface area contributed by atoms with Crippen molar-refractivity contribution in [2.75, 3.05) is 5.32 Å². The summed E-state index contributed by atoms with van der Waals surface area (Å²) in [5.74, 6) is 0.881. The van der Waals surface area contributed by atoms with E-state index in [0.29, 0.717) is 17.0 Å². The molecule has 0 saturated heterocycles. The minimum absolute atomic E-state index is 0.433. The predicted octanol–water partition coefficient (Wildman–Crippen LogP) is 3.33. The van der Waals surface area contributed by atoms with Crippen molar-refractivity contribution >= 4 is 5.82 Å². The highest BCUT2D eigenvalue weighted by Gasteiger charge is 2.27. The van der Waals surface area contributed by atoms with Crippen molar-refractivity contribution in [3.8, 4) is 6.07 Å². The van der Waals surface area contributed by atoms with Gasteiger partial charge in [-0.1, -0.05) is 20.3 Å². The molecule has 1 aliphatic carbocycles. The summed E-state index contributed by atoms with van der Waals surface area (Å²) in [5, 5.41) is 12.2. The molecule has 0 radical (unpaired) electrons. The van der Waals surface area contributed by atoms with E-state index in [1.165, 1.54) is 25.7 Å². The van der Waals surface area contributed by atoms with E-state index < -0.39 is 0 Å². The largest absolute Gasteiger partial charge is 0.367 e. The lowest BCUT2D eigenvalue weighted by molar-refractivity contribution is 0.229. The first kappa shape index (κ1) is 11.9. The Kier molecular flexibility index (Phi) is 3.33. The van der Waals surface area contributed by atoms with E-state index in [9.17, 15) is 0 Å². The minimum atomic E-state index is 0.433. The first-order valence-electron chi connectivity index (χ1n) is 6.22. The van der Waals surface area contributed by atoms with E-state index in [1.54, 1.807) is 6.20 Å². The van der Waals surface area contributed by atoms with E-state index >= 15 is 0 Å². The molecule has 17 heavy (non-hydrogen) atoms. The number of pyridine rings is 1. The maximum Gasteiger partial charge on any atom is 0.126 e. The molecule has 1 heterocycles. The van der Waals surface area contributed by atoms with E-state index in [2.05, 4.69) is 30.2 Å². The summed E-state index contributed by atoms with van der Waals surface area (Å²) in [7, 11) is 0. The Labute approximate surface area is 103 Å². The average Bonchev–Trinajstić information content (AvgIpc) is 2.29. The van der Waals surface area contributed by atoms with Crippen LogP contribution in [0.25, 0.3) is 0 Å². The molecule has 3 heteroatoms. The molecule has 1 saturated carbocycles. The van der Waals surface area contributed by atoms with Crippen LogP contribution in [0.4, 0.5) is 5.82 Å². The highest BCUT2D eigenvalue weighted by atomic mass is 15.0. The van der Waals surface area contributed by atoms with Crippen LogP contribution in [-0.4, -0.2) is 11.0 Å². The summed E-state index contributed by atoms with van der Waals surface area (Å²) in [4.78, 5) is 4.26. The molecule has 1 atom stereocenters. The molecule has 1 aliphatic rings. The van der Waals surface area contributed by atoms with E-state index in [4.69, 9.17) is 5.26 Å². The van der Waals surface area contributed by atoms with Crippen molar-refractivity contribution in [1.29, 1.82) is 5.26 Å². The van der Waals surface area contributed by atoms with Gasteiger partial charge in [-0.2, -0.15) is 5.26 Å². The fourth-order valence-corrected chi connectivity index (χ4v) is 2.58. The number of nitrogens with zero attached hydrogens (tertiary/aromatic N) is 2. The van der Waals surface area contributed by atoms with Gasteiger partial charge in [0.1, 0.15) is 11.9 Å². The first-order valence-corrected chi connectivity index (χ1v) is 6.22. The molecule has 1 aromatic heterocycles. The van der Waals surface area contributed by atoms with Gasteiger partial charge in [-0.3, -0.25) is 0 Å². The molecule has 3 nitrogen and oxygen atoms in total. The zero-order chi connectivity index (χ0) is 12.3. The molecule has 0 spiro atoms. The number of aromatic nitrogens is 1. The summed E-state index contributed by atoms with van der Waals surface area (Å²) in [6.45, 7) is 4.65. The Morgan fingerprint density at radius 2 is 2.29 bits per heavy atom. The van der Waals surface area contributed by atoms with Crippen molar-refractivity contribution in [3.63, 3.8) is 0 Å². The SMILES string of the molecule is CC1(C)CCCC(Nc2ccc(C#N)cn2)C1. The maximum absolute atomic E-state index is 8.71. The highest BCUT2D eigenvalue weighted by molar-refractivity contribution is 5.39. The highest BCUT2D eigenvalue weighted by Crippen LogP contribution is 2.36. The zero-order valence-corrected chi connectivity index (χ0v) is 10.5. The third kappa shape index (κ3) is 3.20. The average molecular weight is 229 g/mol. The number of anilines is 1. The fourth-order valence-electron chi connectivity index (χ4n) is 2.58. The summed E-state index contributed by atoms with van der Waals surface area (Å²) < 4.78 is 0. The van der Waals surface area contributed by atoms with E-state index in [-0.39, 0.29) is 0 Å². The smallest absolute Gasteiger partial charge is 0.126 e. The van der Waals surface area contributed by atoms with Gasteiger partial charge in [0.05, 0.1) is 5.56 Å². The second kappa shape index (κ2) is 4.75. The Hall–Kier alpha value is -1.56. The van der Waals surface area contributed by atoms with Crippen LogP contribution < -0.4 is 5.32 Å². The minimum Gasteiger partial charge on any atom is -0.367 e. The van der Waals surface area contributed by atoms with Crippen LogP contribution in [0, 0.1) is 16.7 Å². The van der Waals surface area contributed by atoms with E-state index in [0.717, 1.165) is 5.82 Å². The number of nitriles is 1. The molecule has 1 unspecified atom stereocenters. The lowest BCUT2D eigenvalue weighted by atomic mass is 9.75. The van der Waals surface area contributed by atoms with Crippen molar-refractivity contribution in [3.05, 3.63) is 23.9 Å². The fraction of sp³-hybridized carbons (Fsp3) is 0.571. The van der Waals surface area contributed by atoms with Gasteiger partial charge in [0.25, 0.3) is 0 Å². The second-order valence-electron chi connectivity index (χ2n) is 5.65. The monoisotopic (exact) mass is 229 g/mol. The summed E-state index contributed by atoms with van der Waals surface area (Å²) >= 11 is 0. The van der Waals surface area contributed by atoms with Gasteiger partial charge >= 0.3 is 0 Å². The summed E-state index contributed by atoms with van der Waals surface area (Å²) in [6.07, 6.45) is 6.61. The molecule has 90 valence electrons. The molecule has 1 aromatic rings. The van der Waals surface area contributed by atoms with Crippen LogP contribution in [-0.2, 0) is 0 Å². The number of hydrogen-bond acceptors (Lipinski definition) is 3. The molecular weight excluding hydrogens is 210 g/mol. The third-order valence-electron chi connectivity index (χ3n) is 3.45. The number of hydrogen-bond donors (Lipinski definition) is 1. The van der Waals surface area contributed by atoms with Gasteiger partial charge in [-0.05, 0) is 36.8 Å². The molecule has 1 fully saturated rings. The van der Waals surface area contributed by atoms with Gasteiger partial charge in [-0.25, -0.2) is 4.98 Å². The molecule has 0 aliphatic heterocycles.